The lowest BCUT2D eigenvalue weighted by atomic mass is 10.1. The number of thiocarbonyl (C=S) groups is 1. The number of anilines is 2. The Bertz CT molecular complexity index is 1340. The average molecular weight is 566 g/mol. The van der Waals surface area contributed by atoms with Gasteiger partial charge in [-0.15, -0.1) is 0 Å². The van der Waals surface area contributed by atoms with Crippen molar-refractivity contribution >= 4 is 63.7 Å². The molecular weight excluding hydrogens is 546 g/mol. The van der Waals surface area contributed by atoms with E-state index in [1.807, 2.05) is 30.3 Å². The zero-order chi connectivity index (χ0) is 26.7. The minimum absolute atomic E-state index is 0.117. The Morgan fingerprint density at radius 3 is 2.35 bits per heavy atom. The topological polar surface area (TPSA) is 52.7 Å². The van der Waals surface area contributed by atoms with Crippen LogP contribution in [-0.2, 0) is 22.2 Å². The predicted molar refractivity (Wildman–Crippen MR) is 142 cm³/mol. The van der Waals surface area contributed by atoms with Crippen LogP contribution < -0.4 is 10.2 Å². The largest absolute Gasteiger partial charge is 0.418 e. The smallest absolute Gasteiger partial charge is 0.336 e. The van der Waals surface area contributed by atoms with Crippen LogP contribution in [0.25, 0.3) is 0 Å². The Morgan fingerprint density at radius 2 is 1.68 bits per heavy atom. The Hall–Kier alpha value is -3.14. The number of hydrogen-bond acceptors (Lipinski definition) is 3. The number of carbonyl (C=O) groups excluding carboxylic acids is 2. The van der Waals surface area contributed by atoms with Gasteiger partial charge < -0.3 is 10.2 Å². The van der Waals surface area contributed by atoms with E-state index in [2.05, 4.69) is 5.32 Å². The molecule has 2 amide bonds. The molecule has 1 heterocycles. The molecular formula is C26H20Cl2F3N3O2S. The molecule has 5 nitrogen and oxygen atoms in total. The zero-order valence-corrected chi connectivity index (χ0v) is 21.5. The van der Waals surface area contributed by atoms with Crippen LogP contribution in [0.15, 0.2) is 72.8 Å². The number of imide groups is 1. The summed E-state index contributed by atoms with van der Waals surface area (Å²) in [6.45, 7) is 0.232. The molecule has 11 heteroatoms. The fourth-order valence-corrected chi connectivity index (χ4v) is 4.72. The van der Waals surface area contributed by atoms with Crippen LogP contribution in [0.1, 0.15) is 17.5 Å². The molecule has 37 heavy (non-hydrogen) atoms. The Kier molecular flexibility index (Phi) is 8.06. The molecule has 0 aromatic heterocycles. The summed E-state index contributed by atoms with van der Waals surface area (Å²) in [4.78, 5) is 28.5. The predicted octanol–water partition coefficient (Wildman–Crippen LogP) is 6.59. The van der Waals surface area contributed by atoms with Crippen molar-refractivity contribution < 1.29 is 22.8 Å². The minimum atomic E-state index is -4.74. The van der Waals surface area contributed by atoms with E-state index in [1.165, 1.54) is 17.0 Å². The highest BCUT2D eigenvalue weighted by Crippen LogP contribution is 2.38. The van der Waals surface area contributed by atoms with E-state index >= 15 is 0 Å². The lowest BCUT2D eigenvalue weighted by Crippen LogP contribution is -2.48. The summed E-state index contributed by atoms with van der Waals surface area (Å²) in [5.41, 5.74) is -0.107. The summed E-state index contributed by atoms with van der Waals surface area (Å²) in [6.07, 6.45) is -4.60. The van der Waals surface area contributed by atoms with Crippen LogP contribution in [0.4, 0.5) is 24.5 Å². The Morgan fingerprint density at radius 1 is 1.00 bits per heavy atom. The third kappa shape index (κ3) is 6.06. The summed E-state index contributed by atoms with van der Waals surface area (Å²) in [7, 11) is 0. The fraction of sp³-hybridized carbons (Fsp3) is 0.192. The first kappa shape index (κ1) is 26.9. The van der Waals surface area contributed by atoms with Crippen LogP contribution in [0.3, 0.4) is 0 Å². The minimum Gasteiger partial charge on any atom is -0.336 e. The lowest BCUT2D eigenvalue weighted by Gasteiger charge is -2.30. The third-order valence-electron chi connectivity index (χ3n) is 5.87. The Balaban J connectivity index is 1.64. The van der Waals surface area contributed by atoms with Crippen molar-refractivity contribution in [3.63, 3.8) is 0 Å². The number of amides is 2. The highest BCUT2D eigenvalue weighted by Gasteiger charge is 2.46. The van der Waals surface area contributed by atoms with Crippen molar-refractivity contribution in [3.8, 4) is 0 Å². The van der Waals surface area contributed by atoms with Crippen LogP contribution in [0.2, 0.25) is 10.0 Å². The first-order valence-corrected chi connectivity index (χ1v) is 12.3. The van der Waals surface area contributed by atoms with E-state index in [1.54, 1.807) is 18.2 Å². The van der Waals surface area contributed by atoms with E-state index in [0.717, 1.165) is 17.7 Å². The van der Waals surface area contributed by atoms with Gasteiger partial charge in [0.15, 0.2) is 5.11 Å². The molecule has 1 saturated heterocycles. The molecule has 0 spiro atoms. The third-order valence-corrected chi connectivity index (χ3v) is 6.94. The van der Waals surface area contributed by atoms with Gasteiger partial charge in [-0.1, -0.05) is 65.7 Å². The second-order valence-electron chi connectivity index (χ2n) is 8.29. The van der Waals surface area contributed by atoms with Gasteiger partial charge in [0.1, 0.15) is 6.04 Å². The van der Waals surface area contributed by atoms with Crippen molar-refractivity contribution in [1.29, 1.82) is 0 Å². The quantitative estimate of drug-likeness (QED) is 0.270. The summed E-state index contributed by atoms with van der Waals surface area (Å²) in [5.74, 6) is -1.53. The second kappa shape index (κ2) is 11.1. The van der Waals surface area contributed by atoms with E-state index in [4.69, 9.17) is 35.4 Å². The monoisotopic (exact) mass is 565 g/mol. The maximum absolute atomic E-state index is 13.6. The molecule has 1 aliphatic heterocycles. The SMILES string of the molecule is O=C1C[C@@H](N(CCc2ccccc2)C(=S)Nc2ccc(Cl)c(Cl)c2)C(=O)N1c1ccccc1C(F)(F)F. The molecule has 1 atom stereocenters. The van der Waals surface area contributed by atoms with E-state index in [9.17, 15) is 22.8 Å². The number of nitrogens with one attached hydrogen (secondary N) is 1. The Labute approximate surface area is 226 Å². The van der Waals surface area contributed by atoms with Crippen LogP contribution in [0, 0.1) is 0 Å². The number of hydrogen-bond donors (Lipinski definition) is 1. The first-order chi connectivity index (χ1) is 17.6. The zero-order valence-electron chi connectivity index (χ0n) is 19.1. The van der Waals surface area contributed by atoms with Crippen LogP contribution in [-0.4, -0.2) is 34.4 Å². The second-order valence-corrected chi connectivity index (χ2v) is 9.49. The summed E-state index contributed by atoms with van der Waals surface area (Å²) >= 11 is 17.7. The molecule has 0 radical (unpaired) electrons. The van der Waals surface area contributed by atoms with Crippen molar-refractivity contribution in [2.75, 3.05) is 16.8 Å². The number of alkyl halides is 3. The average Bonchev–Trinajstić information content (AvgIpc) is 3.15. The first-order valence-electron chi connectivity index (χ1n) is 11.2. The number of benzene rings is 3. The van der Waals surface area contributed by atoms with Gasteiger partial charge >= 0.3 is 6.18 Å². The molecule has 0 bridgehead atoms. The molecule has 1 aliphatic rings. The number of para-hydroxylation sites is 1. The van der Waals surface area contributed by atoms with E-state index < -0.39 is 35.3 Å². The van der Waals surface area contributed by atoms with Crippen LogP contribution in [0.5, 0.6) is 0 Å². The van der Waals surface area contributed by atoms with Gasteiger partial charge in [-0.2, -0.15) is 13.2 Å². The van der Waals surface area contributed by atoms with E-state index in [-0.39, 0.29) is 23.1 Å². The molecule has 0 saturated carbocycles. The molecule has 4 rings (SSSR count). The maximum atomic E-state index is 13.6. The highest BCUT2D eigenvalue weighted by atomic mass is 35.5. The maximum Gasteiger partial charge on any atom is 0.418 e. The van der Waals surface area contributed by atoms with Gasteiger partial charge in [0.2, 0.25) is 5.91 Å². The molecule has 1 fully saturated rings. The number of rotatable bonds is 6. The summed E-state index contributed by atoms with van der Waals surface area (Å²) in [5, 5.41) is 3.74. The molecule has 0 aliphatic carbocycles. The molecule has 192 valence electrons. The normalized spacial score (nSPS) is 15.7. The van der Waals surface area contributed by atoms with Crippen molar-refractivity contribution in [3.05, 3.63) is 94.0 Å². The molecule has 1 N–H and O–H groups in total. The lowest BCUT2D eigenvalue weighted by molar-refractivity contribution is -0.137. The van der Waals surface area contributed by atoms with Gasteiger partial charge in [-0.3, -0.25) is 9.59 Å². The van der Waals surface area contributed by atoms with Gasteiger partial charge in [0, 0.05) is 12.2 Å². The molecule has 0 unspecified atom stereocenters. The number of halogens is 5. The number of nitrogens with zero attached hydrogens (tertiary/aromatic N) is 2. The van der Waals surface area contributed by atoms with Crippen molar-refractivity contribution in [2.24, 2.45) is 0 Å². The van der Waals surface area contributed by atoms with Gasteiger partial charge in [-0.25, -0.2) is 4.90 Å². The van der Waals surface area contributed by atoms with Crippen LogP contribution >= 0.6 is 35.4 Å². The summed E-state index contributed by atoms with van der Waals surface area (Å²) in [6, 6.07) is 17.6. The van der Waals surface area contributed by atoms with Crippen molar-refractivity contribution in [1.82, 2.24) is 4.90 Å². The standard InChI is InChI=1S/C26H20Cl2F3N3O2S/c27-19-11-10-17(14-20(19)28)32-25(37)33(13-12-16-6-2-1-3-7-16)22-15-23(35)34(24(22)36)21-9-5-4-8-18(21)26(29,30)31/h1-11,14,22H,12-13,15H2,(H,32,37)/t22-/m1/s1. The van der Waals surface area contributed by atoms with Gasteiger partial charge in [-0.05, 0) is 54.5 Å². The van der Waals surface area contributed by atoms with Gasteiger partial charge in [0.25, 0.3) is 5.91 Å². The van der Waals surface area contributed by atoms with Gasteiger partial charge in [0.05, 0.1) is 27.7 Å². The highest BCUT2D eigenvalue weighted by molar-refractivity contribution is 7.80. The van der Waals surface area contributed by atoms with E-state index in [0.29, 0.717) is 22.0 Å². The fourth-order valence-electron chi connectivity index (χ4n) is 4.08. The molecule has 3 aromatic rings. The molecule has 3 aromatic carbocycles. The van der Waals surface area contributed by atoms with Crippen molar-refractivity contribution in [2.45, 2.75) is 25.1 Å². The summed E-state index contributed by atoms with van der Waals surface area (Å²) < 4.78 is 40.9. The number of carbonyl (C=O) groups is 2.